The molecule has 3 aromatic rings. The van der Waals surface area contributed by atoms with Gasteiger partial charge in [0.1, 0.15) is 17.4 Å². The number of para-hydroxylation sites is 1. The van der Waals surface area contributed by atoms with Gasteiger partial charge in [0.25, 0.3) is 0 Å². The number of aromatic amines is 1. The zero-order valence-corrected chi connectivity index (χ0v) is 20.6. The van der Waals surface area contributed by atoms with E-state index in [1.165, 1.54) is 6.92 Å². The topological polar surface area (TPSA) is 108 Å². The van der Waals surface area contributed by atoms with Crippen molar-refractivity contribution in [1.82, 2.24) is 4.98 Å². The number of hydrogen-bond donors (Lipinski definition) is 3. The smallest absolute Gasteiger partial charge is 0.325 e. The number of rotatable bonds is 5. The van der Waals surface area contributed by atoms with Crippen molar-refractivity contribution in [3.63, 3.8) is 0 Å². The molecule has 1 aliphatic rings. The Hall–Kier alpha value is -3.00. The number of carbonyl (C=O) groups is 1. The van der Waals surface area contributed by atoms with Gasteiger partial charge in [-0.3, -0.25) is 4.79 Å². The van der Waals surface area contributed by atoms with Crippen molar-refractivity contribution < 1.29 is 23.1 Å². The molecule has 33 heavy (non-hydrogen) atoms. The van der Waals surface area contributed by atoms with Gasteiger partial charge >= 0.3 is 5.97 Å². The van der Waals surface area contributed by atoms with Crippen molar-refractivity contribution in [2.75, 3.05) is 5.32 Å². The molecule has 0 aliphatic carbocycles. The van der Waals surface area contributed by atoms with Crippen LogP contribution in [0.4, 0.5) is 5.69 Å². The van der Waals surface area contributed by atoms with Crippen LogP contribution in [0, 0.1) is 20.8 Å². The Balaban J connectivity index is 1.97. The summed E-state index contributed by atoms with van der Waals surface area (Å²) in [7, 11) is -4.02. The predicted octanol–water partition coefficient (Wildman–Crippen LogP) is 4.91. The number of aliphatic carboxylic acids is 1. The predicted molar refractivity (Wildman–Crippen MR) is 128 cm³/mol. The molecule has 1 atom stereocenters. The number of sulfone groups is 1. The van der Waals surface area contributed by atoms with Gasteiger partial charge in [0.2, 0.25) is 9.84 Å². The van der Waals surface area contributed by atoms with E-state index in [1.807, 2.05) is 27.7 Å². The molecule has 3 N–H and O–H groups in total. The lowest BCUT2D eigenvalue weighted by Crippen LogP contribution is -2.34. The van der Waals surface area contributed by atoms with E-state index < -0.39 is 21.8 Å². The Morgan fingerprint density at radius 1 is 1.15 bits per heavy atom. The number of hydrogen-bond acceptors (Lipinski definition) is 5. The molecule has 1 aromatic heterocycles. The minimum atomic E-state index is -4.02. The monoisotopic (exact) mass is 470 g/mol. The van der Waals surface area contributed by atoms with E-state index in [4.69, 9.17) is 4.74 Å². The van der Waals surface area contributed by atoms with Crippen LogP contribution in [0.3, 0.4) is 0 Å². The standard InChI is InChI=1S/C25H30N2O5S/c1-13-14(2)22(15(3)17-11-12-25(5,6)32-21(13)17)33(30,31)23-20(26-16(4)24(28)29)18-9-7-8-10-19(18)27-23/h7-10,16,26-27H,11-12H2,1-6H3,(H,28,29)/t16-/m0/s1. The van der Waals surface area contributed by atoms with Crippen molar-refractivity contribution in [3.05, 3.63) is 46.5 Å². The van der Waals surface area contributed by atoms with Gasteiger partial charge < -0.3 is 20.1 Å². The zero-order chi connectivity index (χ0) is 24.3. The number of benzene rings is 2. The van der Waals surface area contributed by atoms with Gasteiger partial charge in [0.05, 0.1) is 10.6 Å². The van der Waals surface area contributed by atoms with E-state index in [0.29, 0.717) is 22.0 Å². The summed E-state index contributed by atoms with van der Waals surface area (Å²) in [6, 6.07) is 6.18. The summed E-state index contributed by atoms with van der Waals surface area (Å²) in [5, 5.41) is 12.9. The molecule has 0 spiro atoms. The molecule has 0 radical (unpaired) electrons. The first-order chi connectivity index (χ1) is 15.3. The number of anilines is 1. The third-order valence-electron chi connectivity index (χ3n) is 6.61. The molecule has 1 aliphatic heterocycles. The second-order valence-electron chi connectivity index (χ2n) is 9.46. The molecule has 176 valence electrons. The molecule has 0 fully saturated rings. The first-order valence-corrected chi connectivity index (χ1v) is 12.5. The second-order valence-corrected chi connectivity index (χ2v) is 11.3. The summed E-state index contributed by atoms with van der Waals surface area (Å²) in [6.45, 7) is 11.1. The van der Waals surface area contributed by atoms with Crippen molar-refractivity contribution in [3.8, 4) is 5.75 Å². The van der Waals surface area contributed by atoms with E-state index in [2.05, 4.69) is 10.3 Å². The highest BCUT2D eigenvalue weighted by Gasteiger charge is 2.36. The normalized spacial score (nSPS) is 16.2. The highest BCUT2D eigenvalue weighted by Crippen LogP contribution is 2.44. The number of nitrogens with one attached hydrogen (secondary N) is 2. The molecule has 7 nitrogen and oxygen atoms in total. The van der Waals surface area contributed by atoms with Crippen LogP contribution in [-0.2, 0) is 21.1 Å². The van der Waals surface area contributed by atoms with Gasteiger partial charge in [-0.2, -0.15) is 0 Å². The zero-order valence-electron chi connectivity index (χ0n) is 19.8. The summed E-state index contributed by atoms with van der Waals surface area (Å²) in [5.41, 5.74) is 3.63. The van der Waals surface area contributed by atoms with Crippen molar-refractivity contribution in [2.24, 2.45) is 0 Å². The third kappa shape index (κ3) is 3.76. The average molecular weight is 471 g/mol. The minimum absolute atomic E-state index is 0.0283. The van der Waals surface area contributed by atoms with Gasteiger partial charge in [-0.1, -0.05) is 18.2 Å². The Labute approximate surface area is 194 Å². The Kier molecular flexibility index (Phi) is 5.47. The summed E-state index contributed by atoms with van der Waals surface area (Å²) in [5.74, 6) is -0.296. The highest BCUT2D eigenvalue weighted by atomic mass is 32.2. The second kappa shape index (κ2) is 7.80. The number of fused-ring (bicyclic) bond motifs is 2. The molecule has 0 saturated heterocycles. The molecular weight excluding hydrogens is 440 g/mol. The molecule has 2 heterocycles. The van der Waals surface area contributed by atoms with Crippen molar-refractivity contribution in [1.29, 1.82) is 0 Å². The molecule has 0 amide bonds. The van der Waals surface area contributed by atoms with Crippen LogP contribution in [0.1, 0.15) is 49.4 Å². The molecular formula is C25H30N2O5S. The number of carboxylic acid groups (broad SMARTS) is 1. The third-order valence-corrected chi connectivity index (χ3v) is 8.60. The van der Waals surface area contributed by atoms with E-state index in [-0.39, 0.29) is 21.2 Å². The SMILES string of the molecule is Cc1c(C)c(S(=O)(=O)c2[nH]c3ccccc3c2N[C@@H](C)C(=O)O)c(C)c2c1OC(C)(C)CC2. The maximum atomic E-state index is 14.1. The highest BCUT2D eigenvalue weighted by molar-refractivity contribution is 7.91. The molecule has 8 heteroatoms. The van der Waals surface area contributed by atoms with Crippen LogP contribution in [0.2, 0.25) is 0 Å². The van der Waals surface area contributed by atoms with Crippen LogP contribution < -0.4 is 10.1 Å². The van der Waals surface area contributed by atoms with Crippen LogP contribution in [0.25, 0.3) is 10.9 Å². The van der Waals surface area contributed by atoms with Crippen molar-refractivity contribution >= 4 is 32.4 Å². The number of H-pyrrole nitrogens is 1. The number of aromatic nitrogens is 1. The quantitative estimate of drug-likeness (QED) is 0.489. The number of ether oxygens (including phenoxy) is 1. The fourth-order valence-electron chi connectivity index (χ4n) is 4.59. The van der Waals surface area contributed by atoms with Gasteiger partial charge in [-0.25, -0.2) is 8.42 Å². The van der Waals surface area contributed by atoms with E-state index in [0.717, 1.165) is 29.7 Å². The van der Waals surface area contributed by atoms with Crippen molar-refractivity contribution in [2.45, 2.75) is 75.9 Å². The Bertz CT molecular complexity index is 1390. The fourth-order valence-corrected chi connectivity index (χ4v) is 6.56. The van der Waals surface area contributed by atoms with Gasteiger partial charge in [0, 0.05) is 10.9 Å². The van der Waals surface area contributed by atoms with Crippen LogP contribution in [-0.4, -0.2) is 36.1 Å². The first-order valence-electron chi connectivity index (χ1n) is 11.0. The van der Waals surface area contributed by atoms with E-state index in [9.17, 15) is 18.3 Å². The Morgan fingerprint density at radius 2 is 1.82 bits per heavy atom. The lowest BCUT2D eigenvalue weighted by atomic mass is 9.88. The lowest BCUT2D eigenvalue weighted by molar-refractivity contribution is -0.137. The van der Waals surface area contributed by atoms with Crippen LogP contribution in [0.5, 0.6) is 5.75 Å². The van der Waals surface area contributed by atoms with Gasteiger partial charge in [-0.15, -0.1) is 0 Å². The Morgan fingerprint density at radius 3 is 2.48 bits per heavy atom. The maximum Gasteiger partial charge on any atom is 0.325 e. The lowest BCUT2D eigenvalue weighted by Gasteiger charge is -2.35. The van der Waals surface area contributed by atoms with E-state index in [1.54, 1.807) is 31.2 Å². The average Bonchev–Trinajstić information content (AvgIpc) is 3.10. The van der Waals surface area contributed by atoms with E-state index >= 15 is 0 Å². The van der Waals surface area contributed by atoms with Gasteiger partial charge in [0.15, 0.2) is 5.03 Å². The summed E-state index contributed by atoms with van der Waals surface area (Å²) < 4.78 is 34.5. The van der Waals surface area contributed by atoms with Crippen LogP contribution >= 0.6 is 0 Å². The van der Waals surface area contributed by atoms with Crippen LogP contribution in [0.15, 0.2) is 34.2 Å². The first kappa shape index (κ1) is 23.2. The largest absolute Gasteiger partial charge is 0.487 e. The maximum absolute atomic E-state index is 14.1. The van der Waals surface area contributed by atoms with Gasteiger partial charge in [-0.05, 0) is 82.7 Å². The summed E-state index contributed by atoms with van der Waals surface area (Å²) in [4.78, 5) is 14.8. The summed E-state index contributed by atoms with van der Waals surface area (Å²) in [6.07, 6.45) is 1.52. The summed E-state index contributed by atoms with van der Waals surface area (Å²) >= 11 is 0. The molecule has 2 aromatic carbocycles. The molecule has 4 rings (SSSR count). The fraction of sp³-hybridized carbons (Fsp3) is 0.400. The minimum Gasteiger partial charge on any atom is -0.487 e. The molecule has 0 saturated carbocycles. The molecule has 0 unspecified atom stereocenters. The number of carboxylic acids is 1. The molecule has 0 bridgehead atoms.